The highest BCUT2D eigenvalue weighted by Crippen LogP contribution is 2.24. The number of carboxylic acids is 1. The first kappa shape index (κ1) is 33.2. The molecule has 3 amide bonds. The van der Waals surface area contributed by atoms with Gasteiger partial charge in [0.05, 0.1) is 19.7 Å². The SMILES string of the molecule is CC(=O)O[C@@H](C(=O)O)[C@H]1OCCN(c2cccc(C(=O)N(C)CC(=O)N(C)C)c2)C1=O.[C-]#[N+]c1ccc(N)cc1CC. The van der Waals surface area contributed by atoms with Crippen LogP contribution >= 0.6 is 0 Å². The lowest BCUT2D eigenvalue weighted by Crippen LogP contribution is -2.55. The minimum absolute atomic E-state index is 0.0108. The van der Waals surface area contributed by atoms with Crippen molar-refractivity contribution in [3.63, 3.8) is 0 Å². The van der Waals surface area contributed by atoms with Gasteiger partial charge in [0.1, 0.15) is 0 Å². The summed E-state index contributed by atoms with van der Waals surface area (Å²) in [4.78, 5) is 67.4. The number of aryl methyl sites for hydroxylation is 1. The van der Waals surface area contributed by atoms with Gasteiger partial charge in [-0.15, -0.1) is 0 Å². The molecule has 1 fully saturated rings. The quantitative estimate of drug-likeness (QED) is 0.269. The lowest BCUT2D eigenvalue weighted by molar-refractivity contribution is -0.177. The number of carboxylic acid groups (broad SMARTS) is 1. The number of esters is 1. The molecule has 0 aliphatic carbocycles. The fourth-order valence-corrected chi connectivity index (χ4v) is 3.94. The number of ether oxygens (including phenoxy) is 2. The van der Waals surface area contributed by atoms with E-state index in [0.29, 0.717) is 11.4 Å². The molecule has 2 atom stereocenters. The Morgan fingerprint density at radius 1 is 1.19 bits per heavy atom. The van der Waals surface area contributed by atoms with Crippen LogP contribution in [0.25, 0.3) is 4.85 Å². The minimum Gasteiger partial charge on any atom is -0.478 e. The highest BCUT2D eigenvalue weighted by Gasteiger charge is 2.42. The summed E-state index contributed by atoms with van der Waals surface area (Å²) >= 11 is 0. The van der Waals surface area contributed by atoms with Gasteiger partial charge >= 0.3 is 11.9 Å². The molecule has 1 aliphatic heterocycles. The number of hydrogen-bond acceptors (Lipinski definition) is 8. The topological polar surface area (TPSA) is 164 Å². The molecule has 0 saturated carbocycles. The fourth-order valence-electron chi connectivity index (χ4n) is 3.94. The zero-order chi connectivity index (χ0) is 31.6. The Morgan fingerprint density at radius 2 is 1.88 bits per heavy atom. The number of nitrogen functional groups attached to an aromatic ring is 1. The normalized spacial score (nSPS) is 14.9. The summed E-state index contributed by atoms with van der Waals surface area (Å²) in [5.74, 6) is -3.74. The van der Waals surface area contributed by atoms with E-state index >= 15 is 0 Å². The molecule has 0 bridgehead atoms. The van der Waals surface area contributed by atoms with E-state index in [9.17, 15) is 29.1 Å². The standard InChI is InChI=1S/C20H25N3O8.C9H10N2/c1-12(24)31-17(20(28)29)16-19(27)23(8-9-30-16)14-7-5-6-13(10-14)18(26)22(4)11-15(25)21(2)3;1-3-7-6-8(10)4-5-9(7)11-2/h5-7,10,16-17H,8-9,11H2,1-4H3,(H,28,29);4-6H,3,10H2,1H3/t16-,17-;/m1./s1. The largest absolute Gasteiger partial charge is 0.478 e. The number of carbonyl (C=O) groups excluding carboxylic acids is 4. The highest BCUT2D eigenvalue weighted by molar-refractivity contribution is 6.02. The number of likely N-dealkylation sites (N-methyl/N-ethyl adjacent to an activating group) is 2. The monoisotopic (exact) mass is 581 g/mol. The van der Waals surface area contributed by atoms with Gasteiger partial charge in [-0.25, -0.2) is 9.64 Å². The van der Waals surface area contributed by atoms with Crippen molar-refractivity contribution >= 4 is 46.7 Å². The molecule has 1 saturated heterocycles. The van der Waals surface area contributed by atoms with Crippen molar-refractivity contribution in [3.05, 3.63) is 65.0 Å². The third-order valence-corrected chi connectivity index (χ3v) is 6.16. The van der Waals surface area contributed by atoms with E-state index in [0.717, 1.165) is 24.6 Å². The molecule has 42 heavy (non-hydrogen) atoms. The van der Waals surface area contributed by atoms with Crippen LogP contribution in [0.3, 0.4) is 0 Å². The number of carbonyl (C=O) groups is 5. The number of nitrogens with zero attached hydrogens (tertiary/aromatic N) is 4. The Labute approximate surface area is 244 Å². The Kier molecular flexibility index (Phi) is 12.0. The average molecular weight is 582 g/mol. The van der Waals surface area contributed by atoms with E-state index < -0.39 is 36.0 Å². The van der Waals surface area contributed by atoms with Crippen molar-refractivity contribution in [1.29, 1.82) is 0 Å². The van der Waals surface area contributed by atoms with Gasteiger partial charge in [-0.3, -0.25) is 19.2 Å². The first-order valence-electron chi connectivity index (χ1n) is 12.9. The number of benzene rings is 2. The summed E-state index contributed by atoms with van der Waals surface area (Å²) in [7, 11) is 4.66. The predicted molar refractivity (Wildman–Crippen MR) is 154 cm³/mol. The minimum atomic E-state index is -1.79. The molecule has 0 spiro atoms. The lowest BCUT2D eigenvalue weighted by Gasteiger charge is -2.34. The van der Waals surface area contributed by atoms with Crippen LogP contribution in [0.2, 0.25) is 0 Å². The number of amides is 3. The van der Waals surface area contributed by atoms with Crippen LogP contribution in [0.15, 0.2) is 42.5 Å². The Balaban J connectivity index is 0.000000468. The fraction of sp³-hybridized carbons (Fsp3) is 0.379. The summed E-state index contributed by atoms with van der Waals surface area (Å²) in [6.07, 6.45) is -2.45. The summed E-state index contributed by atoms with van der Waals surface area (Å²) in [5, 5.41) is 9.33. The van der Waals surface area contributed by atoms with Gasteiger partial charge in [0.15, 0.2) is 11.8 Å². The molecule has 0 radical (unpaired) electrons. The number of morpholine rings is 1. The second-order valence-corrected chi connectivity index (χ2v) is 9.50. The van der Waals surface area contributed by atoms with Crippen LogP contribution in [-0.2, 0) is 35.1 Å². The molecule has 224 valence electrons. The van der Waals surface area contributed by atoms with Gasteiger partial charge < -0.3 is 35.0 Å². The van der Waals surface area contributed by atoms with E-state index in [2.05, 4.69) is 4.85 Å². The third-order valence-electron chi connectivity index (χ3n) is 6.16. The van der Waals surface area contributed by atoms with Crippen LogP contribution in [0.1, 0.15) is 29.8 Å². The van der Waals surface area contributed by atoms with E-state index in [1.165, 1.54) is 27.8 Å². The van der Waals surface area contributed by atoms with Crippen LogP contribution < -0.4 is 10.6 Å². The molecule has 1 aliphatic rings. The number of rotatable bonds is 8. The number of nitrogens with two attached hydrogens (primary N) is 1. The molecule has 2 aromatic rings. The lowest BCUT2D eigenvalue weighted by atomic mass is 10.1. The first-order chi connectivity index (χ1) is 19.8. The van der Waals surface area contributed by atoms with Gasteiger partial charge in [-0.1, -0.05) is 19.1 Å². The van der Waals surface area contributed by atoms with Crippen LogP contribution in [0.5, 0.6) is 0 Å². The Morgan fingerprint density at radius 3 is 2.45 bits per heavy atom. The van der Waals surface area contributed by atoms with E-state index in [4.69, 9.17) is 21.8 Å². The third kappa shape index (κ3) is 8.77. The van der Waals surface area contributed by atoms with Gasteiger partial charge in [0, 0.05) is 51.5 Å². The van der Waals surface area contributed by atoms with Crippen molar-refractivity contribution in [2.24, 2.45) is 0 Å². The second kappa shape index (κ2) is 15.2. The van der Waals surface area contributed by atoms with Crippen molar-refractivity contribution in [2.45, 2.75) is 32.5 Å². The van der Waals surface area contributed by atoms with Crippen LogP contribution in [0, 0.1) is 6.57 Å². The molecule has 3 N–H and O–H groups in total. The van der Waals surface area contributed by atoms with E-state index in [1.807, 2.05) is 13.0 Å². The molecule has 1 heterocycles. The van der Waals surface area contributed by atoms with E-state index in [1.54, 1.807) is 44.4 Å². The van der Waals surface area contributed by atoms with Gasteiger partial charge in [-0.05, 0) is 42.3 Å². The maximum atomic E-state index is 12.9. The molecule has 0 unspecified atom stereocenters. The van der Waals surface area contributed by atoms with Gasteiger partial charge in [0.25, 0.3) is 11.8 Å². The number of anilines is 2. The van der Waals surface area contributed by atoms with Crippen molar-refractivity contribution in [2.75, 3.05) is 51.5 Å². The summed E-state index contributed by atoms with van der Waals surface area (Å²) in [5.41, 5.74) is 8.62. The zero-order valence-electron chi connectivity index (χ0n) is 24.2. The summed E-state index contributed by atoms with van der Waals surface area (Å²) in [6.45, 7) is 9.91. The zero-order valence-corrected chi connectivity index (χ0v) is 24.2. The smallest absolute Gasteiger partial charge is 0.348 e. The molecule has 13 nitrogen and oxygen atoms in total. The van der Waals surface area contributed by atoms with E-state index in [-0.39, 0.29) is 31.2 Å². The maximum absolute atomic E-state index is 12.9. The first-order valence-corrected chi connectivity index (χ1v) is 12.9. The van der Waals surface area contributed by atoms with Crippen molar-refractivity contribution in [1.82, 2.24) is 9.80 Å². The van der Waals surface area contributed by atoms with Crippen molar-refractivity contribution in [3.8, 4) is 0 Å². The Hall–Kier alpha value is -4.96. The second-order valence-electron chi connectivity index (χ2n) is 9.50. The highest BCUT2D eigenvalue weighted by atomic mass is 16.6. The number of hydrogen-bond donors (Lipinski definition) is 2. The summed E-state index contributed by atoms with van der Waals surface area (Å²) < 4.78 is 10.0. The van der Waals surface area contributed by atoms with Gasteiger partial charge in [0.2, 0.25) is 12.0 Å². The maximum Gasteiger partial charge on any atom is 0.348 e. The molecule has 3 rings (SSSR count). The average Bonchev–Trinajstić information content (AvgIpc) is 2.95. The number of aliphatic carboxylic acids is 1. The molecular weight excluding hydrogens is 546 g/mol. The molecule has 13 heteroatoms. The van der Waals surface area contributed by atoms with Gasteiger partial charge in [-0.2, -0.15) is 0 Å². The molecular formula is C29H35N5O8. The molecule has 2 aromatic carbocycles. The predicted octanol–water partition coefficient (Wildman–Crippen LogP) is 1.98. The summed E-state index contributed by atoms with van der Waals surface area (Å²) in [6, 6.07) is 11.6. The Bertz CT molecular complexity index is 1370. The van der Waals surface area contributed by atoms with Crippen LogP contribution in [0.4, 0.5) is 17.1 Å². The molecule has 0 aromatic heterocycles. The van der Waals surface area contributed by atoms with Crippen molar-refractivity contribution < 1.29 is 38.6 Å². The van der Waals surface area contributed by atoms with Crippen LogP contribution in [-0.4, -0.2) is 97.6 Å².